The lowest BCUT2D eigenvalue weighted by Crippen LogP contribution is -2.34. The number of fused-ring (bicyclic) bond motifs is 1. The van der Waals surface area contributed by atoms with Gasteiger partial charge in [-0.25, -0.2) is 9.59 Å². The number of piperidine rings is 1. The van der Waals surface area contributed by atoms with Gasteiger partial charge in [-0.05, 0) is 81.0 Å². The number of phenolic OH excluding ortho intramolecular Hbond substituents is 1. The third-order valence-corrected chi connectivity index (χ3v) is 7.86. The van der Waals surface area contributed by atoms with E-state index in [1.807, 2.05) is 35.3 Å². The first-order valence-electron chi connectivity index (χ1n) is 15.1. The van der Waals surface area contributed by atoms with Gasteiger partial charge in [0, 0.05) is 24.7 Å². The van der Waals surface area contributed by atoms with Crippen LogP contribution in [0.15, 0.2) is 48.6 Å². The molecule has 48 heavy (non-hydrogen) atoms. The summed E-state index contributed by atoms with van der Waals surface area (Å²) in [5.74, 6) is -1.72. The van der Waals surface area contributed by atoms with Gasteiger partial charge in [0.25, 0.3) is 0 Å². The molecule has 1 fully saturated rings. The van der Waals surface area contributed by atoms with Crippen molar-refractivity contribution < 1.29 is 53.4 Å². The average molecular weight is 660 g/mol. The van der Waals surface area contributed by atoms with Gasteiger partial charge in [0.1, 0.15) is 34.1 Å². The SMILES string of the molecule is COc1cc(C)c(C(=O)Oc2cc(C)c(O)c(C(=O)O)c2C)c(O)c1C=O.O=C(C=CC=Cc1ccc2c(c1)OCO2)N1CCCCC1. The van der Waals surface area contributed by atoms with E-state index in [2.05, 4.69) is 0 Å². The molecule has 0 saturated carbocycles. The molecule has 252 valence electrons. The molecule has 0 atom stereocenters. The Balaban J connectivity index is 0.000000223. The molecule has 0 spiro atoms. The number of nitrogens with zero attached hydrogens (tertiary/aromatic N) is 1. The highest BCUT2D eigenvalue weighted by Crippen LogP contribution is 2.37. The molecule has 12 heteroatoms. The molecule has 1 amide bonds. The molecule has 2 aliphatic rings. The zero-order valence-corrected chi connectivity index (χ0v) is 27.1. The molecule has 3 aromatic carbocycles. The molecule has 0 aromatic heterocycles. The molecule has 2 heterocycles. The second-order valence-electron chi connectivity index (χ2n) is 11.1. The molecule has 3 N–H and O–H groups in total. The molecule has 5 rings (SSSR count). The summed E-state index contributed by atoms with van der Waals surface area (Å²) in [7, 11) is 1.31. The molecule has 3 aromatic rings. The van der Waals surface area contributed by atoms with E-state index in [-0.39, 0.29) is 52.0 Å². The standard InChI is InChI=1S/C19H18O8.C17H19NO3/c1-8-5-13(26-4)11(7-20)17(22)14(8)19(25)27-12-6-9(2)16(21)15(10(12)3)18(23)24;19-17(18-10-4-1-5-11-18)7-3-2-6-14-8-9-15-16(12-14)21-13-20-15/h5-7,21-22H,1-4H3,(H,23,24);2-3,6-9,12H,1,4-5,10-11,13H2. The second kappa shape index (κ2) is 15.7. The first kappa shape index (κ1) is 35.1. The van der Waals surface area contributed by atoms with Gasteiger partial charge in [0.05, 0.1) is 12.7 Å². The number of ether oxygens (including phenoxy) is 4. The zero-order chi connectivity index (χ0) is 35.0. The van der Waals surface area contributed by atoms with Crippen molar-refractivity contribution in [2.24, 2.45) is 0 Å². The number of aryl methyl sites for hydroxylation is 2. The van der Waals surface area contributed by atoms with E-state index < -0.39 is 23.4 Å². The van der Waals surface area contributed by atoms with Crippen LogP contribution in [0.25, 0.3) is 6.08 Å². The van der Waals surface area contributed by atoms with Crippen molar-refractivity contribution in [2.75, 3.05) is 27.0 Å². The monoisotopic (exact) mass is 659 g/mol. The summed E-state index contributed by atoms with van der Waals surface area (Å²) >= 11 is 0. The lowest BCUT2D eigenvalue weighted by Gasteiger charge is -2.25. The van der Waals surface area contributed by atoms with Crippen molar-refractivity contribution in [2.45, 2.75) is 40.0 Å². The van der Waals surface area contributed by atoms with Crippen LogP contribution in [0.1, 0.15) is 72.6 Å². The van der Waals surface area contributed by atoms with Gasteiger partial charge < -0.3 is 39.2 Å². The van der Waals surface area contributed by atoms with Crippen LogP contribution in [0.5, 0.6) is 34.5 Å². The maximum absolute atomic E-state index is 12.6. The summed E-state index contributed by atoms with van der Waals surface area (Å²) in [6, 6.07) is 8.50. The number of hydrogen-bond acceptors (Lipinski definition) is 10. The van der Waals surface area contributed by atoms with Gasteiger partial charge in [-0.15, -0.1) is 0 Å². The predicted octanol–water partition coefficient (Wildman–Crippen LogP) is 5.76. The Bertz CT molecular complexity index is 1790. The highest BCUT2D eigenvalue weighted by molar-refractivity contribution is 6.01. The van der Waals surface area contributed by atoms with Gasteiger partial charge in [-0.1, -0.05) is 24.3 Å². The molecule has 0 radical (unpaired) electrons. The molecule has 2 aliphatic heterocycles. The summed E-state index contributed by atoms with van der Waals surface area (Å²) in [5.41, 5.74) is 0.716. The van der Waals surface area contributed by atoms with Crippen LogP contribution in [-0.4, -0.2) is 71.3 Å². The number of carbonyl (C=O) groups excluding carboxylic acids is 3. The lowest BCUT2D eigenvalue weighted by atomic mass is 10.0. The number of likely N-dealkylation sites (tertiary alicyclic amines) is 1. The number of benzene rings is 3. The van der Waals surface area contributed by atoms with E-state index in [9.17, 15) is 34.5 Å². The van der Waals surface area contributed by atoms with Gasteiger partial charge in [-0.3, -0.25) is 9.59 Å². The summed E-state index contributed by atoms with van der Waals surface area (Å²) in [6.45, 7) is 6.41. The normalized spacial score (nSPS) is 13.6. The summed E-state index contributed by atoms with van der Waals surface area (Å²) < 4.78 is 20.9. The van der Waals surface area contributed by atoms with Crippen LogP contribution in [0.4, 0.5) is 0 Å². The Morgan fingerprint density at radius 3 is 2.21 bits per heavy atom. The van der Waals surface area contributed by atoms with Crippen LogP contribution < -0.4 is 18.9 Å². The Morgan fingerprint density at radius 2 is 1.54 bits per heavy atom. The van der Waals surface area contributed by atoms with Gasteiger partial charge in [-0.2, -0.15) is 0 Å². The number of rotatable bonds is 8. The number of aldehydes is 1. The van der Waals surface area contributed by atoms with Crippen LogP contribution in [0, 0.1) is 20.8 Å². The number of carboxylic acid groups (broad SMARTS) is 1. The largest absolute Gasteiger partial charge is 0.507 e. The van der Waals surface area contributed by atoms with Crippen LogP contribution in [0.3, 0.4) is 0 Å². The molecule has 12 nitrogen and oxygen atoms in total. The Labute approximate surface area is 277 Å². The van der Waals surface area contributed by atoms with E-state index in [4.69, 9.17) is 18.9 Å². The van der Waals surface area contributed by atoms with Crippen LogP contribution in [0.2, 0.25) is 0 Å². The number of methoxy groups -OCH3 is 1. The number of amides is 1. The number of carboxylic acids is 1. The van der Waals surface area contributed by atoms with Crippen molar-refractivity contribution in [3.05, 3.63) is 87.5 Å². The fraction of sp³-hybridized carbons (Fsp3) is 0.278. The Morgan fingerprint density at radius 1 is 0.854 bits per heavy atom. The van der Waals surface area contributed by atoms with Crippen LogP contribution >= 0.6 is 0 Å². The number of aromatic carboxylic acids is 1. The minimum atomic E-state index is -1.38. The topological polar surface area (TPSA) is 169 Å². The molecule has 0 aliphatic carbocycles. The van der Waals surface area contributed by atoms with E-state index >= 15 is 0 Å². The predicted molar refractivity (Wildman–Crippen MR) is 175 cm³/mol. The molecular weight excluding hydrogens is 622 g/mol. The number of allylic oxidation sites excluding steroid dienone is 2. The maximum atomic E-state index is 12.6. The quantitative estimate of drug-likeness (QED) is 0.0884. The van der Waals surface area contributed by atoms with Crippen molar-refractivity contribution in [1.29, 1.82) is 0 Å². The molecule has 1 saturated heterocycles. The average Bonchev–Trinajstić information content (AvgIpc) is 3.54. The van der Waals surface area contributed by atoms with Crippen molar-refractivity contribution in [1.82, 2.24) is 4.90 Å². The third kappa shape index (κ3) is 7.95. The van der Waals surface area contributed by atoms with Gasteiger partial charge in [0.2, 0.25) is 12.7 Å². The van der Waals surface area contributed by atoms with E-state index in [1.165, 1.54) is 46.4 Å². The first-order chi connectivity index (χ1) is 23.0. The fourth-order valence-corrected chi connectivity index (χ4v) is 5.26. The maximum Gasteiger partial charge on any atom is 0.347 e. The molecular formula is C36H37NO11. The van der Waals surface area contributed by atoms with Gasteiger partial charge >= 0.3 is 11.9 Å². The fourth-order valence-electron chi connectivity index (χ4n) is 5.26. The number of carbonyl (C=O) groups is 4. The minimum Gasteiger partial charge on any atom is -0.507 e. The van der Waals surface area contributed by atoms with E-state index in [0.29, 0.717) is 11.8 Å². The first-order valence-corrected chi connectivity index (χ1v) is 15.1. The number of esters is 1. The summed E-state index contributed by atoms with van der Waals surface area (Å²) in [6.07, 6.45) is 11.1. The highest BCUT2D eigenvalue weighted by atomic mass is 16.7. The smallest absolute Gasteiger partial charge is 0.347 e. The van der Waals surface area contributed by atoms with E-state index in [1.54, 1.807) is 12.2 Å². The molecule has 0 bridgehead atoms. The van der Waals surface area contributed by atoms with Crippen molar-refractivity contribution in [3.8, 4) is 34.5 Å². The van der Waals surface area contributed by atoms with E-state index in [0.717, 1.165) is 43.0 Å². The Hall–Kier alpha value is -5.78. The molecule has 0 unspecified atom stereocenters. The summed E-state index contributed by atoms with van der Waals surface area (Å²) in [5, 5.41) is 29.5. The van der Waals surface area contributed by atoms with Crippen molar-refractivity contribution >= 4 is 30.2 Å². The van der Waals surface area contributed by atoms with Gasteiger partial charge in [0.15, 0.2) is 17.8 Å². The van der Waals surface area contributed by atoms with Crippen LogP contribution in [-0.2, 0) is 4.79 Å². The Kier molecular flexibility index (Phi) is 11.5. The highest BCUT2D eigenvalue weighted by Gasteiger charge is 2.26. The summed E-state index contributed by atoms with van der Waals surface area (Å²) in [4.78, 5) is 49.0. The van der Waals surface area contributed by atoms with Crippen molar-refractivity contribution in [3.63, 3.8) is 0 Å². The number of aromatic hydroxyl groups is 2. The lowest BCUT2D eigenvalue weighted by molar-refractivity contribution is -0.126. The second-order valence-corrected chi connectivity index (χ2v) is 11.1. The minimum absolute atomic E-state index is 0.0419. The third-order valence-electron chi connectivity index (χ3n) is 7.86. The number of hydrogen-bond donors (Lipinski definition) is 3. The zero-order valence-electron chi connectivity index (χ0n) is 27.1. The number of phenols is 2.